The van der Waals surface area contributed by atoms with E-state index in [1.807, 2.05) is 26.0 Å². The lowest BCUT2D eigenvalue weighted by Crippen LogP contribution is -2.14. The Hall–Kier alpha value is -2.35. The summed E-state index contributed by atoms with van der Waals surface area (Å²) < 4.78 is 40.2. The topological polar surface area (TPSA) is 54.6 Å². The lowest BCUT2D eigenvalue weighted by Gasteiger charge is -2.07. The van der Waals surface area contributed by atoms with Gasteiger partial charge in [0.05, 0.1) is 5.69 Å². The molecule has 0 aliphatic rings. The third-order valence-electron chi connectivity index (χ3n) is 3.64. The Morgan fingerprint density at radius 2 is 1.96 bits per heavy atom. The monoisotopic (exact) mass is 340 g/mol. The quantitative estimate of drug-likeness (QED) is 0.752. The highest BCUT2D eigenvalue weighted by Gasteiger charge is 2.41. The first-order chi connectivity index (χ1) is 10.7. The fourth-order valence-electron chi connectivity index (χ4n) is 2.36. The minimum atomic E-state index is -4.82. The van der Waals surface area contributed by atoms with Gasteiger partial charge in [0.25, 0.3) is 0 Å². The first-order valence-corrected chi connectivity index (χ1v) is 7.46. The Kier molecular flexibility index (Phi) is 3.44. The highest BCUT2D eigenvalue weighted by Crippen LogP contribution is 2.36. The van der Waals surface area contributed by atoms with Crippen molar-refractivity contribution in [3.8, 4) is 11.3 Å². The van der Waals surface area contributed by atoms with E-state index in [1.54, 1.807) is 11.4 Å². The fraction of sp³-hybridized carbons (Fsp3) is 0.200. The Morgan fingerprint density at radius 1 is 1.26 bits per heavy atom. The molecule has 0 aliphatic heterocycles. The maximum atomic E-state index is 13.0. The van der Waals surface area contributed by atoms with Crippen molar-refractivity contribution in [1.29, 1.82) is 0 Å². The van der Waals surface area contributed by atoms with Gasteiger partial charge in [0, 0.05) is 5.38 Å². The van der Waals surface area contributed by atoms with E-state index in [2.05, 4.69) is 4.98 Å². The highest BCUT2D eigenvalue weighted by atomic mass is 32.1. The number of hydrogen-bond donors (Lipinski definition) is 1. The van der Waals surface area contributed by atoms with Crippen molar-refractivity contribution in [2.24, 2.45) is 0 Å². The number of aryl methyl sites for hydroxylation is 2. The Labute approximate surface area is 132 Å². The summed E-state index contributed by atoms with van der Waals surface area (Å²) in [5, 5.41) is 10.9. The number of alkyl halides is 3. The highest BCUT2D eigenvalue weighted by molar-refractivity contribution is 7.15. The van der Waals surface area contributed by atoms with E-state index >= 15 is 0 Å². The molecule has 120 valence electrons. The van der Waals surface area contributed by atoms with E-state index in [1.165, 1.54) is 0 Å². The van der Waals surface area contributed by atoms with Crippen molar-refractivity contribution < 1.29 is 23.1 Å². The second-order valence-electron chi connectivity index (χ2n) is 5.15. The van der Waals surface area contributed by atoms with Crippen LogP contribution in [0.1, 0.15) is 27.3 Å². The molecule has 2 aromatic heterocycles. The zero-order chi connectivity index (χ0) is 16.9. The first-order valence-electron chi connectivity index (χ1n) is 6.58. The normalized spacial score (nSPS) is 12.0. The lowest BCUT2D eigenvalue weighted by molar-refractivity contribution is -0.141. The van der Waals surface area contributed by atoms with Gasteiger partial charge >= 0.3 is 12.1 Å². The number of aromatic nitrogens is 2. The van der Waals surface area contributed by atoms with E-state index in [9.17, 15) is 23.1 Å². The number of nitrogens with zero attached hydrogens (tertiary/aromatic N) is 2. The van der Waals surface area contributed by atoms with Crippen LogP contribution in [0.15, 0.2) is 23.6 Å². The Morgan fingerprint density at radius 3 is 2.52 bits per heavy atom. The summed E-state index contributed by atoms with van der Waals surface area (Å²) in [7, 11) is 0. The smallest absolute Gasteiger partial charge is 0.435 e. The van der Waals surface area contributed by atoms with Gasteiger partial charge in [-0.05, 0) is 36.6 Å². The average molecular weight is 340 g/mol. The van der Waals surface area contributed by atoms with Gasteiger partial charge in [-0.15, -0.1) is 11.3 Å². The molecule has 1 N–H and O–H groups in total. The van der Waals surface area contributed by atoms with Crippen molar-refractivity contribution in [2.75, 3.05) is 0 Å². The molecule has 23 heavy (non-hydrogen) atoms. The van der Waals surface area contributed by atoms with Crippen molar-refractivity contribution >= 4 is 22.3 Å². The molecule has 0 atom stereocenters. The minimum Gasteiger partial charge on any atom is -0.476 e. The fourth-order valence-corrected chi connectivity index (χ4v) is 3.25. The Bertz CT molecular complexity index is 925. The summed E-state index contributed by atoms with van der Waals surface area (Å²) in [6.45, 7) is 3.81. The lowest BCUT2D eigenvalue weighted by atomic mass is 10.0. The molecule has 0 saturated carbocycles. The van der Waals surface area contributed by atoms with E-state index in [-0.39, 0.29) is 4.96 Å². The molecule has 0 saturated heterocycles. The first kappa shape index (κ1) is 15.5. The zero-order valence-corrected chi connectivity index (χ0v) is 12.9. The molecule has 0 fully saturated rings. The Balaban J connectivity index is 2.33. The summed E-state index contributed by atoms with van der Waals surface area (Å²) in [6, 6.07) is 5.41. The van der Waals surface area contributed by atoms with Crippen LogP contribution in [0, 0.1) is 13.8 Å². The predicted molar refractivity (Wildman–Crippen MR) is 79.9 cm³/mol. The molecule has 0 bridgehead atoms. The van der Waals surface area contributed by atoms with Crippen LogP contribution in [0.25, 0.3) is 16.2 Å². The van der Waals surface area contributed by atoms with Crippen LogP contribution in [-0.4, -0.2) is 20.5 Å². The molecule has 0 radical (unpaired) electrons. The SMILES string of the molecule is Cc1ccc(-c2csc3nc(C(F)(F)F)c(C(=O)O)n23)cc1C. The summed E-state index contributed by atoms with van der Waals surface area (Å²) in [4.78, 5) is 14.9. The summed E-state index contributed by atoms with van der Waals surface area (Å²) in [5.74, 6) is -1.66. The summed E-state index contributed by atoms with van der Waals surface area (Å²) in [5.41, 5.74) is 0.806. The molecule has 0 aliphatic carbocycles. The number of carboxylic acid groups (broad SMARTS) is 1. The number of carboxylic acids is 1. The summed E-state index contributed by atoms with van der Waals surface area (Å²) in [6.07, 6.45) is -4.82. The molecule has 0 unspecified atom stereocenters. The number of thiazole rings is 1. The van der Waals surface area contributed by atoms with Gasteiger partial charge in [-0.3, -0.25) is 4.40 Å². The number of hydrogen-bond acceptors (Lipinski definition) is 3. The number of halogens is 3. The van der Waals surface area contributed by atoms with E-state index in [0.717, 1.165) is 26.9 Å². The van der Waals surface area contributed by atoms with Gasteiger partial charge in [0.2, 0.25) is 0 Å². The molecule has 4 nitrogen and oxygen atoms in total. The second-order valence-corrected chi connectivity index (χ2v) is 5.99. The van der Waals surface area contributed by atoms with Crippen molar-refractivity contribution in [3.05, 3.63) is 46.1 Å². The number of imidazole rings is 1. The van der Waals surface area contributed by atoms with Crippen LogP contribution in [-0.2, 0) is 6.18 Å². The van der Waals surface area contributed by atoms with Crippen molar-refractivity contribution in [2.45, 2.75) is 20.0 Å². The molecule has 8 heteroatoms. The van der Waals surface area contributed by atoms with Crippen molar-refractivity contribution in [1.82, 2.24) is 9.38 Å². The van der Waals surface area contributed by atoms with Crippen LogP contribution >= 0.6 is 11.3 Å². The van der Waals surface area contributed by atoms with Gasteiger partial charge in [0.15, 0.2) is 16.3 Å². The number of carbonyl (C=O) groups is 1. The zero-order valence-electron chi connectivity index (χ0n) is 12.1. The van der Waals surface area contributed by atoms with Crippen LogP contribution in [0.4, 0.5) is 13.2 Å². The third-order valence-corrected chi connectivity index (χ3v) is 4.46. The molecule has 2 heterocycles. The van der Waals surface area contributed by atoms with Crippen LogP contribution in [0.5, 0.6) is 0 Å². The van der Waals surface area contributed by atoms with E-state index in [4.69, 9.17) is 0 Å². The standard InChI is InChI=1S/C15H11F3N2O2S/c1-7-3-4-9(5-8(7)2)10-6-23-14-19-12(15(16,17)18)11(13(21)22)20(10)14/h3-6H,1-2H3,(H,21,22). The van der Waals surface area contributed by atoms with Crippen molar-refractivity contribution in [3.63, 3.8) is 0 Å². The van der Waals surface area contributed by atoms with Gasteiger partial charge in [-0.2, -0.15) is 13.2 Å². The van der Waals surface area contributed by atoms with Gasteiger partial charge in [0.1, 0.15) is 0 Å². The maximum Gasteiger partial charge on any atom is 0.435 e. The summed E-state index contributed by atoms with van der Waals surface area (Å²) >= 11 is 0.976. The molecule has 0 amide bonds. The molecule has 3 aromatic rings. The molecule has 3 rings (SSSR count). The maximum absolute atomic E-state index is 13.0. The number of rotatable bonds is 2. The number of fused-ring (bicyclic) bond motifs is 1. The third kappa shape index (κ3) is 2.48. The number of benzene rings is 1. The van der Waals surface area contributed by atoms with Crippen LogP contribution in [0.2, 0.25) is 0 Å². The van der Waals surface area contributed by atoms with Crippen LogP contribution in [0.3, 0.4) is 0 Å². The van der Waals surface area contributed by atoms with E-state index < -0.39 is 23.5 Å². The van der Waals surface area contributed by atoms with Gasteiger partial charge < -0.3 is 5.11 Å². The number of aromatic carboxylic acids is 1. The largest absolute Gasteiger partial charge is 0.476 e. The second kappa shape index (κ2) is 5.09. The van der Waals surface area contributed by atoms with E-state index in [0.29, 0.717) is 11.3 Å². The molecular weight excluding hydrogens is 329 g/mol. The molecule has 0 spiro atoms. The molecular formula is C15H11F3N2O2S. The predicted octanol–water partition coefficient (Wildman–Crippen LogP) is 4.40. The minimum absolute atomic E-state index is 0.00273. The molecule has 1 aromatic carbocycles. The van der Waals surface area contributed by atoms with Gasteiger partial charge in [-0.25, -0.2) is 9.78 Å². The van der Waals surface area contributed by atoms with Crippen LogP contribution < -0.4 is 0 Å². The van der Waals surface area contributed by atoms with Gasteiger partial charge in [-0.1, -0.05) is 12.1 Å². The average Bonchev–Trinajstić information content (AvgIpc) is 2.99.